The predicted molar refractivity (Wildman–Crippen MR) is 117 cm³/mol. The molecular formula is C24H34N2O3. The number of aliphatic hydroxyl groups excluding tert-OH is 1. The first kappa shape index (κ1) is 21.8. The molecule has 1 saturated heterocycles. The standard InChI is InChI=1S/C24H34N2O3/c1-18(12-15-27)11-13-24(28)21-10-6-5-9-20(21)22(16-23(24,2)3)25-26-14-7-8-19(26)17-29-4/h5-6,9-13,19,27-28H,7-8,14-17H2,1-4H3/b13-11+,18-12+,25-22-. The molecule has 2 unspecified atom stereocenters. The Morgan fingerprint density at radius 1 is 1.34 bits per heavy atom. The van der Waals surface area contributed by atoms with Gasteiger partial charge in [-0.1, -0.05) is 55.8 Å². The van der Waals surface area contributed by atoms with Crippen LogP contribution in [-0.2, 0) is 10.3 Å². The molecule has 1 fully saturated rings. The van der Waals surface area contributed by atoms with Gasteiger partial charge in [-0.15, -0.1) is 0 Å². The molecule has 3 rings (SSSR count). The molecule has 1 aliphatic carbocycles. The number of hydrogen-bond acceptors (Lipinski definition) is 5. The van der Waals surface area contributed by atoms with E-state index in [-0.39, 0.29) is 6.61 Å². The summed E-state index contributed by atoms with van der Waals surface area (Å²) in [6, 6.07) is 8.34. The van der Waals surface area contributed by atoms with Crippen molar-refractivity contribution in [2.24, 2.45) is 10.5 Å². The van der Waals surface area contributed by atoms with E-state index < -0.39 is 11.0 Å². The van der Waals surface area contributed by atoms with Crippen LogP contribution >= 0.6 is 0 Å². The Bertz CT molecular complexity index is 812. The molecule has 0 radical (unpaired) electrons. The van der Waals surface area contributed by atoms with Gasteiger partial charge in [-0.25, -0.2) is 0 Å². The predicted octanol–water partition coefficient (Wildman–Crippen LogP) is 3.61. The number of rotatable bonds is 6. The molecule has 1 aromatic carbocycles. The molecule has 1 aromatic rings. The zero-order valence-electron chi connectivity index (χ0n) is 18.1. The minimum absolute atomic E-state index is 0.0101. The lowest BCUT2D eigenvalue weighted by molar-refractivity contribution is -0.0294. The van der Waals surface area contributed by atoms with Crippen LogP contribution in [0.1, 0.15) is 51.2 Å². The monoisotopic (exact) mass is 398 g/mol. The van der Waals surface area contributed by atoms with Gasteiger partial charge < -0.3 is 14.9 Å². The van der Waals surface area contributed by atoms with E-state index in [9.17, 15) is 5.11 Å². The summed E-state index contributed by atoms with van der Waals surface area (Å²) in [4.78, 5) is 0. The molecule has 5 nitrogen and oxygen atoms in total. The number of hydrogen-bond donors (Lipinski definition) is 2. The lowest BCUT2D eigenvalue weighted by Gasteiger charge is -2.46. The fourth-order valence-corrected chi connectivity index (χ4v) is 4.42. The van der Waals surface area contributed by atoms with Crippen molar-refractivity contribution in [3.8, 4) is 0 Å². The molecule has 2 atom stereocenters. The molecular weight excluding hydrogens is 364 g/mol. The molecule has 1 heterocycles. The van der Waals surface area contributed by atoms with Crippen molar-refractivity contribution in [1.29, 1.82) is 0 Å². The highest BCUT2D eigenvalue weighted by molar-refractivity contribution is 6.03. The third-order valence-corrected chi connectivity index (χ3v) is 6.24. The van der Waals surface area contributed by atoms with E-state index in [4.69, 9.17) is 14.9 Å². The maximum Gasteiger partial charge on any atom is 0.114 e. The average molecular weight is 399 g/mol. The number of ether oxygens (including phenoxy) is 1. The van der Waals surface area contributed by atoms with E-state index in [1.54, 1.807) is 13.2 Å². The number of allylic oxidation sites excluding steroid dienone is 2. The summed E-state index contributed by atoms with van der Waals surface area (Å²) in [6.07, 6.45) is 8.39. The molecule has 2 aliphatic rings. The quantitative estimate of drug-likeness (QED) is 0.719. The second-order valence-corrected chi connectivity index (χ2v) is 8.80. The summed E-state index contributed by atoms with van der Waals surface area (Å²) in [7, 11) is 1.74. The van der Waals surface area contributed by atoms with Crippen LogP contribution in [-0.4, -0.2) is 53.8 Å². The minimum atomic E-state index is -1.12. The molecule has 0 spiro atoms. The lowest BCUT2D eigenvalue weighted by Crippen LogP contribution is -2.47. The van der Waals surface area contributed by atoms with Crippen LogP contribution in [0, 0.1) is 5.41 Å². The summed E-state index contributed by atoms with van der Waals surface area (Å²) >= 11 is 0. The fraction of sp³-hybridized carbons (Fsp3) is 0.542. The summed E-state index contributed by atoms with van der Waals surface area (Å²) in [5.74, 6) is 0. The highest BCUT2D eigenvalue weighted by Gasteiger charge is 2.49. The SMILES string of the molecule is COCC1CCCN1/N=C1/CC(C)(C)C(O)(/C=C/C(C)=C/CO)c2ccccc21. The van der Waals surface area contributed by atoms with Crippen molar-refractivity contribution >= 4 is 5.71 Å². The van der Waals surface area contributed by atoms with Gasteiger partial charge in [0.15, 0.2) is 0 Å². The Morgan fingerprint density at radius 2 is 2.10 bits per heavy atom. The van der Waals surface area contributed by atoms with E-state index in [0.717, 1.165) is 41.8 Å². The van der Waals surface area contributed by atoms with Crippen molar-refractivity contribution in [3.05, 3.63) is 59.2 Å². The number of methoxy groups -OCH3 is 1. The second kappa shape index (κ2) is 8.82. The van der Waals surface area contributed by atoms with Crippen LogP contribution in [0.15, 0.2) is 53.2 Å². The van der Waals surface area contributed by atoms with Gasteiger partial charge >= 0.3 is 0 Å². The largest absolute Gasteiger partial charge is 0.392 e. The fourth-order valence-electron chi connectivity index (χ4n) is 4.42. The number of hydrazone groups is 1. The van der Waals surface area contributed by atoms with Crippen LogP contribution in [0.4, 0.5) is 0 Å². The van der Waals surface area contributed by atoms with Gasteiger partial charge in [0, 0.05) is 31.1 Å². The van der Waals surface area contributed by atoms with Crippen LogP contribution in [0.2, 0.25) is 0 Å². The van der Waals surface area contributed by atoms with E-state index >= 15 is 0 Å². The second-order valence-electron chi connectivity index (χ2n) is 8.80. The maximum absolute atomic E-state index is 11.8. The van der Waals surface area contributed by atoms with Gasteiger partial charge in [0.1, 0.15) is 5.60 Å². The first-order valence-corrected chi connectivity index (χ1v) is 10.4. The first-order chi connectivity index (χ1) is 13.8. The Balaban J connectivity index is 2.04. The minimum Gasteiger partial charge on any atom is -0.392 e. The molecule has 29 heavy (non-hydrogen) atoms. The number of fused-ring (bicyclic) bond motifs is 1. The van der Waals surface area contributed by atoms with Crippen molar-refractivity contribution in [3.63, 3.8) is 0 Å². The number of nitrogens with zero attached hydrogens (tertiary/aromatic N) is 2. The zero-order chi connectivity index (χ0) is 21.1. The van der Waals surface area contributed by atoms with Crippen molar-refractivity contribution < 1.29 is 14.9 Å². The Hall–Kier alpha value is -1.95. The van der Waals surface area contributed by atoms with Gasteiger partial charge in [0.2, 0.25) is 0 Å². The Kier molecular flexibility index (Phi) is 6.62. The first-order valence-electron chi connectivity index (χ1n) is 10.4. The maximum atomic E-state index is 11.8. The van der Waals surface area contributed by atoms with Crippen molar-refractivity contribution in [2.75, 3.05) is 26.9 Å². The van der Waals surface area contributed by atoms with Crippen LogP contribution in [0.5, 0.6) is 0 Å². The van der Waals surface area contributed by atoms with Crippen LogP contribution < -0.4 is 0 Å². The van der Waals surface area contributed by atoms with E-state index in [1.165, 1.54) is 0 Å². The topological polar surface area (TPSA) is 65.3 Å². The zero-order valence-corrected chi connectivity index (χ0v) is 18.1. The van der Waals surface area contributed by atoms with Gasteiger partial charge in [-0.2, -0.15) is 5.10 Å². The summed E-state index contributed by atoms with van der Waals surface area (Å²) in [5.41, 5.74) is 2.27. The van der Waals surface area contributed by atoms with Crippen LogP contribution in [0.3, 0.4) is 0 Å². The summed E-state index contributed by atoms with van der Waals surface area (Å²) in [6.45, 7) is 7.72. The third-order valence-electron chi connectivity index (χ3n) is 6.24. The summed E-state index contributed by atoms with van der Waals surface area (Å²) < 4.78 is 5.38. The van der Waals surface area contributed by atoms with Crippen molar-refractivity contribution in [1.82, 2.24) is 5.01 Å². The van der Waals surface area contributed by atoms with E-state index in [2.05, 4.69) is 24.9 Å². The summed E-state index contributed by atoms with van der Waals surface area (Å²) in [5, 5.41) is 28.2. The molecule has 2 N–H and O–H groups in total. The lowest BCUT2D eigenvalue weighted by atomic mass is 9.62. The molecule has 0 saturated carbocycles. The molecule has 5 heteroatoms. The van der Waals surface area contributed by atoms with Crippen molar-refractivity contribution in [2.45, 2.75) is 51.7 Å². The highest BCUT2D eigenvalue weighted by atomic mass is 16.5. The Labute approximate surface area is 174 Å². The molecule has 0 bridgehead atoms. The van der Waals surface area contributed by atoms with Gasteiger partial charge in [-0.05, 0) is 31.4 Å². The molecule has 0 aromatic heterocycles. The van der Waals surface area contributed by atoms with Gasteiger partial charge in [0.25, 0.3) is 0 Å². The highest BCUT2D eigenvalue weighted by Crippen LogP contribution is 2.49. The number of benzene rings is 1. The smallest absolute Gasteiger partial charge is 0.114 e. The van der Waals surface area contributed by atoms with Gasteiger partial charge in [0.05, 0.1) is 25.0 Å². The van der Waals surface area contributed by atoms with E-state index in [0.29, 0.717) is 19.1 Å². The number of aliphatic hydroxyl groups is 2. The molecule has 1 aliphatic heterocycles. The normalized spacial score (nSPS) is 28.3. The molecule has 0 amide bonds. The van der Waals surface area contributed by atoms with Gasteiger partial charge in [-0.3, -0.25) is 5.01 Å². The Morgan fingerprint density at radius 3 is 2.83 bits per heavy atom. The average Bonchev–Trinajstić information content (AvgIpc) is 3.12. The molecule has 158 valence electrons. The van der Waals surface area contributed by atoms with E-state index in [1.807, 2.05) is 37.3 Å². The third kappa shape index (κ3) is 4.32. The van der Waals surface area contributed by atoms with Crippen LogP contribution in [0.25, 0.3) is 0 Å².